The number of carboxylic acids is 1. The number of aliphatic carboxylic acids is 1. The van der Waals surface area contributed by atoms with Gasteiger partial charge in [-0.2, -0.15) is 0 Å². The summed E-state index contributed by atoms with van der Waals surface area (Å²) in [6.07, 6.45) is 20.2. The van der Waals surface area contributed by atoms with Crippen molar-refractivity contribution in [1.29, 1.82) is 0 Å². The molecule has 31 heavy (non-hydrogen) atoms. The molecule has 8 nitrogen and oxygen atoms in total. The van der Waals surface area contributed by atoms with E-state index < -0.39 is 12.0 Å². The topological polar surface area (TPSA) is 159 Å². The maximum absolute atomic E-state index is 10.3. The van der Waals surface area contributed by atoms with Crippen LogP contribution in [0, 0.1) is 0 Å². The van der Waals surface area contributed by atoms with Crippen molar-refractivity contribution in [2.24, 2.45) is 11.5 Å². The van der Waals surface area contributed by atoms with Crippen molar-refractivity contribution >= 4 is 12.0 Å². The maximum Gasteiger partial charge on any atom is 0.309 e. The lowest BCUT2D eigenvalue weighted by atomic mass is 10.0. The van der Waals surface area contributed by atoms with Crippen LogP contribution in [0.1, 0.15) is 110 Å². The van der Waals surface area contributed by atoms with Crippen molar-refractivity contribution in [3.8, 4) is 0 Å². The Morgan fingerprint density at radius 1 is 0.645 bits per heavy atom. The number of unbranched alkanes of at least 4 members (excludes halogenated alkanes) is 14. The predicted octanol–water partition coefficient (Wildman–Crippen LogP) is 3.92. The molecule has 0 saturated carbocycles. The number of primary amides is 2. The minimum absolute atomic E-state index is 0.139. The summed E-state index contributed by atoms with van der Waals surface area (Å²) in [5, 5.41) is 27.6. The molecule has 188 valence electrons. The van der Waals surface area contributed by atoms with Crippen LogP contribution in [-0.4, -0.2) is 53.6 Å². The number of hydrogen-bond donors (Lipinski definition) is 6. The highest BCUT2D eigenvalue weighted by molar-refractivity contribution is 5.69. The Bertz CT molecular complexity index is 350. The molecule has 2 amide bonds. The highest BCUT2D eigenvalue weighted by Gasteiger charge is 1.97. The van der Waals surface area contributed by atoms with E-state index in [0.717, 1.165) is 12.8 Å². The van der Waals surface area contributed by atoms with Gasteiger partial charge in [-0.05, 0) is 6.42 Å². The van der Waals surface area contributed by atoms with E-state index in [2.05, 4.69) is 23.7 Å². The van der Waals surface area contributed by atoms with Gasteiger partial charge in [0.15, 0.2) is 0 Å². The Balaban J connectivity index is -0.000000585. The van der Waals surface area contributed by atoms with E-state index in [0.29, 0.717) is 19.5 Å². The van der Waals surface area contributed by atoms with Crippen molar-refractivity contribution in [1.82, 2.24) is 5.32 Å². The van der Waals surface area contributed by atoms with Crippen molar-refractivity contribution in [3.63, 3.8) is 0 Å². The monoisotopic (exact) mass is 449 g/mol. The molecule has 0 aliphatic carbocycles. The van der Waals surface area contributed by atoms with Crippen molar-refractivity contribution in [2.75, 3.05) is 26.3 Å². The molecule has 0 aromatic carbocycles. The number of amides is 2. The minimum Gasteiger partial charge on any atom is -0.481 e. The van der Waals surface area contributed by atoms with Gasteiger partial charge < -0.3 is 32.1 Å². The fraction of sp³-hybridized carbons (Fsp3) is 0.913. The number of urea groups is 1. The molecule has 0 unspecified atom stereocenters. The molecular weight excluding hydrogens is 398 g/mol. The normalized spacial score (nSPS) is 9.90. The first kappa shape index (κ1) is 34.2. The number of nitrogens with two attached hydrogens (primary N) is 2. The summed E-state index contributed by atoms with van der Waals surface area (Å²) in [5.74, 6) is -0.653. The van der Waals surface area contributed by atoms with Gasteiger partial charge in [-0.15, -0.1) is 0 Å². The number of carbonyl (C=O) groups excluding carboxylic acids is 1. The highest BCUT2D eigenvalue weighted by Crippen LogP contribution is 2.13. The van der Waals surface area contributed by atoms with E-state index in [4.69, 9.17) is 20.1 Å². The van der Waals surface area contributed by atoms with Gasteiger partial charge in [0.1, 0.15) is 0 Å². The predicted molar refractivity (Wildman–Crippen MR) is 128 cm³/mol. The van der Waals surface area contributed by atoms with E-state index in [-0.39, 0.29) is 13.2 Å². The maximum atomic E-state index is 10.3. The lowest BCUT2D eigenvalue weighted by Gasteiger charge is -2.03. The molecule has 0 fully saturated rings. The van der Waals surface area contributed by atoms with Crippen LogP contribution in [0.2, 0.25) is 0 Å². The molecule has 0 rings (SSSR count). The van der Waals surface area contributed by atoms with Crippen LogP contribution in [0.3, 0.4) is 0 Å². The molecule has 0 saturated heterocycles. The van der Waals surface area contributed by atoms with Gasteiger partial charge in [-0.25, -0.2) is 4.79 Å². The number of hydrogen-bond acceptors (Lipinski definition) is 5. The average Bonchev–Trinajstić information content (AvgIpc) is 2.71. The van der Waals surface area contributed by atoms with Crippen LogP contribution < -0.4 is 16.8 Å². The average molecular weight is 450 g/mol. The molecule has 0 aliphatic heterocycles. The van der Waals surface area contributed by atoms with Gasteiger partial charge in [-0.3, -0.25) is 4.79 Å². The molecule has 0 heterocycles. The Hall–Kier alpha value is -1.38. The minimum atomic E-state index is -0.833. The summed E-state index contributed by atoms with van der Waals surface area (Å²) < 4.78 is 0. The molecule has 0 atom stereocenters. The van der Waals surface area contributed by atoms with Gasteiger partial charge >= 0.3 is 12.0 Å². The summed E-state index contributed by atoms with van der Waals surface area (Å²) in [7, 11) is 0. The largest absolute Gasteiger partial charge is 0.481 e. The molecule has 8 heteroatoms. The third-order valence-corrected chi connectivity index (χ3v) is 4.57. The smallest absolute Gasteiger partial charge is 0.309 e. The number of carbonyl (C=O) groups is 2. The Kier molecular flexibility index (Phi) is 36.7. The summed E-state index contributed by atoms with van der Waals surface area (Å²) in [4.78, 5) is 19.3. The van der Waals surface area contributed by atoms with E-state index in [9.17, 15) is 4.79 Å². The second-order valence-corrected chi connectivity index (χ2v) is 7.69. The first-order chi connectivity index (χ1) is 14.9. The zero-order chi connectivity index (χ0) is 24.0. The lowest BCUT2D eigenvalue weighted by molar-refractivity contribution is -0.137. The highest BCUT2D eigenvalue weighted by atomic mass is 16.4. The quantitative estimate of drug-likeness (QED) is 0.154. The third kappa shape index (κ3) is 52.7. The lowest BCUT2D eigenvalue weighted by Crippen LogP contribution is -2.21. The fourth-order valence-electron chi connectivity index (χ4n) is 2.93. The van der Waals surface area contributed by atoms with Gasteiger partial charge in [0.25, 0.3) is 0 Å². The second-order valence-electron chi connectivity index (χ2n) is 7.69. The Morgan fingerprint density at radius 2 is 0.935 bits per heavy atom. The van der Waals surface area contributed by atoms with Crippen LogP contribution in [0.5, 0.6) is 0 Å². The van der Waals surface area contributed by atoms with Crippen molar-refractivity contribution < 1.29 is 24.9 Å². The zero-order valence-corrected chi connectivity index (χ0v) is 20.0. The van der Waals surface area contributed by atoms with Gasteiger partial charge in [0.05, 0.1) is 13.2 Å². The third-order valence-electron chi connectivity index (χ3n) is 4.57. The number of aliphatic hydroxyl groups excluding tert-OH is 2. The number of nitrogens with one attached hydrogen (secondary N) is 1. The fourth-order valence-corrected chi connectivity index (χ4v) is 2.93. The van der Waals surface area contributed by atoms with E-state index in [1.807, 2.05) is 0 Å². The molecule has 8 N–H and O–H groups in total. The van der Waals surface area contributed by atoms with Crippen LogP contribution in [0.15, 0.2) is 0 Å². The van der Waals surface area contributed by atoms with E-state index >= 15 is 0 Å². The van der Waals surface area contributed by atoms with Crippen molar-refractivity contribution in [3.05, 3.63) is 0 Å². The summed E-state index contributed by atoms with van der Waals surface area (Å²) in [6, 6.07) is -0.833. The van der Waals surface area contributed by atoms with E-state index in [1.54, 1.807) is 0 Å². The standard InChI is InChI=1S/C18H36O2.C4H11NO2.CH4N2O/c1-2-3-4-5-6-7-8-9-10-11-12-13-14-15-16-17-18(19)20;6-3-1-5-2-4-7;2-1(3)4/h2-17H2,1H3,(H,19,20);5-7H,1-4H2;(H4,2,3,4). The Morgan fingerprint density at radius 3 is 1.19 bits per heavy atom. The van der Waals surface area contributed by atoms with Crippen LogP contribution in [0.25, 0.3) is 0 Å². The van der Waals surface area contributed by atoms with E-state index in [1.165, 1.54) is 83.5 Å². The molecular formula is C23H51N3O5. The molecule has 0 aliphatic rings. The number of aliphatic hydroxyl groups is 2. The van der Waals surface area contributed by atoms with Gasteiger partial charge in [0, 0.05) is 19.5 Å². The Labute approximate surface area is 190 Å². The first-order valence-corrected chi connectivity index (χ1v) is 12.1. The summed E-state index contributed by atoms with van der Waals surface area (Å²) in [5.41, 5.74) is 8.50. The number of carboxylic acid groups (broad SMARTS) is 1. The second kappa shape index (κ2) is 33.3. The van der Waals surface area contributed by atoms with Crippen LogP contribution in [0.4, 0.5) is 4.79 Å². The molecule has 0 bridgehead atoms. The van der Waals surface area contributed by atoms with Crippen molar-refractivity contribution in [2.45, 2.75) is 110 Å². The number of rotatable bonds is 20. The SMILES string of the molecule is CCCCCCCCCCCCCCCCCC(=O)O.NC(N)=O.OCCNCCO. The molecule has 0 spiro atoms. The van der Waals surface area contributed by atoms with Crippen LogP contribution >= 0.6 is 0 Å². The molecule has 0 aromatic rings. The van der Waals surface area contributed by atoms with Crippen LogP contribution in [-0.2, 0) is 4.79 Å². The summed E-state index contributed by atoms with van der Waals surface area (Å²) >= 11 is 0. The van der Waals surface area contributed by atoms with Gasteiger partial charge in [-0.1, -0.05) is 96.8 Å². The zero-order valence-electron chi connectivity index (χ0n) is 20.0. The first-order valence-electron chi connectivity index (χ1n) is 12.1. The molecule has 0 aromatic heterocycles. The van der Waals surface area contributed by atoms with Gasteiger partial charge in [0.2, 0.25) is 0 Å². The summed E-state index contributed by atoms with van der Waals surface area (Å²) in [6.45, 7) is 3.69. The molecule has 0 radical (unpaired) electrons.